The van der Waals surface area contributed by atoms with E-state index in [0.717, 1.165) is 10.5 Å². The quantitative estimate of drug-likeness (QED) is 0.368. The van der Waals surface area contributed by atoms with E-state index in [1.54, 1.807) is 43.5 Å². The Kier molecular flexibility index (Phi) is 6.93. The van der Waals surface area contributed by atoms with E-state index in [9.17, 15) is 19.2 Å². The summed E-state index contributed by atoms with van der Waals surface area (Å²) in [7, 11) is 4.04. The van der Waals surface area contributed by atoms with Gasteiger partial charge in [0.2, 0.25) is 11.8 Å². The molecule has 2 saturated heterocycles. The lowest BCUT2D eigenvalue weighted by Crippen LogP contribution is -2.58. The molecule has 0 bridgehead atoms. The van der Waals surface area contributed by atoms with Crippen LogP contribution in [0.2, 0.25) is 0 Å². The summed E-state index contributed by atoms with van der Waals surface area (Å²) in [6, 6.07) is 21.9. The third-order valence-electron chi connectivity index (χ3n) is 7.55. The molecule has 39 heavy (non-hydrogen) atoms. The van der Waals surface area contributed by atoms with Crippen molar-refractivity contribution in [2.45, 2.75) is 18.0 Å². The molecule has 2 aliphatic heterocycles. The highest BCUT2D eigenvalue weighted by Crippen LogP contribution is 2.51. The van der Waals surface area contributed by atoms with Crippen LogP contribution in [0.15, 0.2) is 78.9 Å². The normalized spacial score (nSPS) is 23.9. The van der Waals surface area contributed by atoms with Crippen LogP contribution in [0.5, 0.6) is 5.75 Å². The van der Waals surface area contributed by atoms with Gasteiger partial charge in [-0.3, -0.25) is 19.7 Å². The van der Waals surface area contributed by atoms with Crippen LogP contribution in [0.4, 0.5) is 5.69 Å². The predicted molar refractivity (Wildman–Crippen MR) is 141 cm³/mol. The van der Waals surface area contributed by atoms with E-state index in [1.165, 1.54) is 26.4 Å². The number of ether oxygens (including phenoxy) is 3. The van der Waals surface area contributed by atoms with Crippen LogP contribution in [0.1, 0.15) is 27.5 Å². The lowest BCUT2D eigenvalue weighted by Gasteiger charge is -2.33. The second kappa shape index (κ2) is 10.3. The van der Waals surface area contributed by atoms with E-state index in [2.05, 4.69) is 5.32 Å². The molecule has 0 unspecified atom stereocenters. The average Bonchev–Trinajstić information content (AvgIpc) is 3.45. The first-order chi connectivity index (χ1) is 18.9. The molecule has 2 amide bonds. The smallest absolute Gasteiger partial charge is 0.339 e. The Morgan fingerprint density at radius 3 is 2.15 bits per heavy atom. The van der Waals surface area contributed by atoms with E-state index in [4.69, 9.17) is 14.2 Å². The van der Waals surface area contributed by atoms with Crippen LogP contribution < -0.4 is 15.0 Å². The molecule has 0 saturated carbocycles. The zero-order valence-corrected chi connectivity index (χ0v) is 21.7. The number of anilines is 1. The number of carbonyl (C=O) groups is 4. The molecule has 9 heteroatoms. The van der Waals surface area contributed by atoms with E-state index < -0.39 is 47.2 Å². The minimum atomic E-state index is -1.55. The molecule has 5 rings (SSSR count). The summed E-state index contributed by atoms with van der Waals surface area (Å²) in [5.74, 6) is -3.87. The fourth-order valence-electron chi connectivity index (χ4n) is 5.81. The molecular weight excluding hydrogens is 500 g/mol. The summed E-state index contributed by atoms with van der Waals surface area (Å²) < 4.78 is 15.5. The third kappa shape index (κ3) is 4.24. The molecular formula is C30H28N2O7. The molecule has 2 aliphatic rings. The lowest BCUT2D eigenvalue weighted by molar-refractivity contribution is -0.152. The predicted octanol–water partition coefficient (Wildman–Crippen LogP) is 3.09. The SMILES string of the molecule is COC(=O)c1ccccc1N1C(=O)[C@@H]2[C@H](c3ccc(OC)cc3)N[C@@](Cc3ccccc3)(C(=O)OC)[C@H]2C1=O. The number of esters is 2. The van der Waals surface area contributed by atoms with Crippen molar-refractivity contribution in [3.8, 4) is 5.75 Å². The number of hydrogen-bond donors (Lipinski definition) is 1. The lowest BCUT2D eigenvalue weighted by atomic mass is 9.76. The number of para-hydroxylation sites is 1. The summed E-state index contributed by atoms with van der Waals surface area (Å²) in [6.07, 6.45) is 0.111. The Bertz CT molecular complexity index is 1420. The van der Waals surface area contributed by atoms with Gasteiger partial charge >= 0.3 is 11.9 Å². The van der Waals surface area contributed by atoms with Crippen LogP contribution >= 0.6 is 0 Å². The van der Waals surface area contributed by atoms with E-state index in [0.29, 0.717) is 11.3 Å². The van der Waals surface area contributed by atoms with Gasteiger partial charge in [-0.2, -0.15) is 0 Å². The molecule has 1 N–H and O–H groups in total. The van der Waals surface area contributed by atoms with Gasteiger partial charge in [-0.25, -0.2) is 9.69 Å². The first-order valence-electron chi connectivity index (χ1n) is 12.5. The number of hydrogen-bond acceptors (Lipinski definition) is 8. The number of carbonyl (C=O) groups excluding carboxylic acids is 4. The Hall–Kier alpha value is -4.50. The molecule has 2 heterocycles. The van der Waals surface area contributed by atoms with Crippen molar-refractivity contribution < 1.29 is 33.4 Å². The number of nitrogens with zero attached hydrogens (tertiary/aromatic N) is 1. The maximum Gasteiger partial charge on any atom is 0.339 e. The van der Waals surface area contributed by atoms with Gasteiger partial charge in [-0.15, -0.1) is 0 Å². The van der Waals surface area contributed by atoms with Gasteiger partial charge in [-0.1, -0.05) is 54.6 Å². The van der Waals surface area contributed by atoms with Crippen LogP contribution in [0.25, 0.3) is 0 Å². The molecule has 200 valence electrons. The number of imide groups is 1. The van der Waals surface area contributed by atoms with Crippen LogP contribution in [0.3, 0.4) is 0 Å². The van der Waals surface area contributed by atoms with Gasteiger partial charge in [0.05, 0.1) is 44.4 Å². The molecule has 0 aromatic heterocycles. The van der Waals surface area contributed by atoms with Crippen molar-refractivity contribution in [1.29, 1.82) is 0 Å². The second-order valence-electron chi connectivity index (χ2n) is 9.54. The topological polar surface area (TPSA) is 111 Å². The van der Waals surface area contributed by atoms with Crippen molar-refractivity contribution in [1.82, 2.24) is 5.32 Å². The molecule has 9 nitrogen and oxygen atoms in total. The first kappa shape index (κ1) is 26.1. The second-order valence-corrected chi connectivity index (χ2v) is 9.54. The van der Waals surface area contributed by atoms with Crippen molar-refractivity contribution in [2.75, 3.05) is 26.2 Å². The fraction of sp³-hybridized carbons (Fsp3) is 0.267. The molecule has 0 spiro atoms. The molecule has 3 aromatic carbocycles. The fourth-order valence-corrected chi connectivity index (χ4v) is 5.81. The van der Waals surface area contributed by atoms with Gasteiger partial charge < -0.3 is 14.2 Å². The zero-order valence-electron chi connectivity index (χ0n) is 21.7. The highest BCUT2D eigenvalue weighted by molar-refractivity contribution is 6.25. The van der Waals surface area contributed by atoms with Gasteiger partial charge in [0.25, 0.3) is 0 Å². The maximum absolute atomic E-state index is 14.2. The number of amides is 2. The summed E-state index contributed by atoms with van der Waals surface area (Å²) in [5, 5.41) is 3.37. The molecule has 0 aliphatic carbocycles. The number of nitrogens with one attached hydrogen (secondary N) is 1. The summed E-state index contributed by atoms with van der Waals surface area (Å²) in [5.41, 5.74) is 0.128. The maximum atomic E-state index is 14.2. The molecule has 3 aromatic rings. The number of benzene rings is 3. The van der Waals surface area contributed by atoms with Gasteiger partial charge in [0, 0.05) is 12.5 Å². The highest BCUT2D eigenvalue weighted by Gasteiger charge is 2.69. The minimum absolute atomic E-state index is 0.0716. The Morgan fingerprint density at radius 1 is 0.846 bits per heavy atom. The third-order valence-corrected chi connectivity index (χ3v) is 7.55. The molecule has 0 radical (unpaired) electrons. The standard InChI is InChI=1S/C30H28N2O7/c1-37-20-15-13-19(14-16-20)25-23-24(30(31-25,29(36)39-3)17-18-9-5-4-6-10-18)27(34)32(26(23)33)22-12-8-7-11-21(22)28(35)38-2/h4-16,23-25,31H,17H2,1-3H3/t23-,24+,25-,30+/m0/s1. The number of fused-ring (bicyclic) bond motifs is 1. The minimum Gasteiger partial charge on any atom is -0.497 e. The van der Waals surface area contributed by atoms with Crippen LogP contribution in [0, 0.1) is 11.8 Å². The summed E-state index contributed by atoms with van der Waals surface area (Å²) >= 11 is 0. The van der Waals surface area contributed by atoms with E-state index in [-0.39, 0.29) is 17.7 Å². The Morgan fingerprint density at radius 2 is 1.51 bits per heavy atom. The molecule has 2 fully saturated rings. The average molecular weight is 529 g/mol. The Balaban J connectivity index is 1.68. The first-order valence-corrected chi connectivity index (χ1v) is 12.5. The van der Waals surface area contributed by atoms with Crippen molar-refractivity contribution in [3.05, 3.63) is 95.6 Å². The Labute approximate surface area is 225 Å². The van der Waals surface area contributed by atoms with Gasteiger partial charge in [-0.05, 0) is 35.4 Å². The van der Waals surface area contributed by atoms with Crippen molar-refractivity contribution in [3.63, 3.8) is 0 Å². The van der Waals surface area contributed by atoms with Crippen molar-refractivity contribution in [2.24, 2.45) is 11.8 Å². The largest absolute Gasteiger partial charge is 0.497 e. The zero-order chi connectivity index (χ0) is 27.7. The van der Waals surface area contributed by atoms with E-state index >= 15 is 0 Å². The van der Waals surface area contributed by atoms with Crippen LogP contribution in [-0.2, 0) is 30.3 Å². The highest BCUT2D eigenvalue weighted by atomic mass is 16.5. The van der Waals surface area contributed by atoms with Crippen LogP contribution in [-0.4, -0.2) is 50.6 Å². The van der Waals surface area contributed by atoms with E-state index in [1.807, 2.05) is 30.3 Å². The number of methoxy groups -OCH3 is 3. The van der Waals surface area contributed by atoms with Gasteiger partial charge in [0.1, 0.15) is 11.3 Å². The van der Waals surface area contributed by atoms with Gasteiger partial charge in [0.15, 0.2) is 0 Å². The van der Waals surface area contributed by atoms with Crippen molar-refractivity contribution >= 4 is 29.4 Å². The summed E-state index contributed by atoms with van der Waals surface area (Å²) in [4.78, 5) is 55.6. The summed E-state index contributed by atoms with van der Waals surface area (Å²) in [6.45, 7) is 0. The number of rotatable bonds is 7. The monoisotopic (exact) mass is 528 g/mol. The molecule has 4 atom stereocenters.